The van der Waals surface area contributed by atoms with E-state index in [2.05, 4.69) is 5.32 Å². The Balaban J connectivity index is 2.43. The summed E-state index contributed by atoms with van der Waals surface area (Å²) < 4.78 is 0. The SMILES string of the molecule is CCCC(=O)N(Cc1ccc(Cl)cc1Cl)[C@H](Cc1ccccc1)C(=O)NC(C)(C)C. The first kappa shape index (κ1) is 24.2. The van der Waals surface area contributed by atoms with Crippen LogP contribution in [-0.2, 0) is 22.6 Å². The molecule has 0 aliphatic heterocycles. The zero-order chi connectivity index (χ0) is 22.3. The Kier molecular flexibility index (Phi) is 8.75. The Morgan fingerprint density at radius 3 is 2.30 bits per heavy atom. The lowest BCUT2D eigenvalue weighted by Crippen LogP contribution is -2.54. The molecule has 30 heavy (non-hydrogen) atoms. The lowest BCUT2D eigenvalue weighted by atomic mass is 10.00. The quantitative estimate of drug-likeness (QED) is 0.566. The van der Waals surface area contributed by atoms with Crippen LogP contribution in [0.15, 0.2) is 48.5 Å². The molecule has 0 aromatic heterocycles. The molecule has 0 bridgehead atoms. The van der Waals surface area contributed by atoms with Crippen molar-refractivity contribution in [1.82, 2.24) is 10.2 Å². The third kappa shape index (κ3) is 7.33. The first-order valence-electron chi connectivity index (χ1n) is 10.2. The standard InChI is InChI=1S/C24H30Cl2N2O2/c1-5-9-22(29)28(16-18-12-13-19(25)15-20(18)26)21(23(30)27-24(2,3)4)14-17-10-7-6-8-11-17/h6-8,10-13,15,21H,5,9,14,16H2,1-4H3,(H,27,30)/t21-/m1/s1. The van der Waals surface area contributed by atoms with E-state index in [4.69, 9.17) is 23.2 Å². The third-order valence-electron chi connectivity index (χ3n) is 4.59. The minimum absolute atomic E-state index is 0.0755. The van der Waals surface area contributed by atoms with E-state index < -0.39 is 11.6 Å². The fourth-order valence-corrected chi connectivity index (χ4v) is 3.67. The van der Waals surface area contributed by atoms with Gasteiger partial charge in [-0.2, -0.15) is 0 Å². The van der Waals surface area contributed by atoms with Crippen molar-refractivity contribution in [2.24, 2.45) is 0 Å². The highest BCUT2D eigenvalue weighted by Gasteiger charge is 2.32. The number of hydrogen-bond donors (Lipinski definition) is 1. The van der Waals surface area contributed by atoms with Gasteiger partial charge in [0.05, 0.1) is 0 Å². The molecule has 2 aromatic rings. The van der Waals surface area contributed by atoms with Gasteiger partial charge in [0.1, 0.15) is 6.04 Å². The van der Waals surface area contributed by atoms with Crippen molar-refractivity contribution in [2.75, 3.05) is 0 Å². The highest BCUT2D eigenvalue weighted by molar-refractivity contribution is 6.35. The number of nitrogens with one attached hydrogen (secondary N) is 1. The second-order valence-corrected chi connectivity index (χ2v) is 9.30. The number of rotatable bonds is 8. The van der Waals surface area contributed by atoms with Gasteiger partial charge >= 0.3 is 0 Å². The third-order valence-corrected chi connectivity index (χ3v) is 5.18. The maximum absolute atomic E-state index is 13.3. The Labute approximate surface area is 189 Å². The van der Waals surface area contributed by atoms with Gasteiger partial charge in [-0.05, 0) is 50.5 Å². The number of amides is 2. The Hall–Kier alpha value is -2.04. The smallest absolute Gasteiger partial charge is 0.243 e. The molecule has 0 aliphatic rings. The minimum Gasteiger partial charge on any atom is -0.350 e. The summed E-state index contributed by atoms with van der Waals surface area (Å²) >= 11 is 12.4. The van der Waals surface area contributed by atoms with E-state index >= 15 is 0 Å². The number of nitrogens with zero attached hydrogens (tertiary/aromatic N) is 1. The summed E-state index contributed by atoms with van der Waals surface area (Å²) in [4.78, 5) is 28.0. The van der Waals surface area contributed by atoms with E-state index in [0.717, 1.165) is 11.1 Å². The van der Waals surface area contributed by atoms with Crippen molar-refractivity contribution in [3.63, 3.8) is 0 Å². The lowest BCUT2D eigenvalue weighted by molar-refractivity contribution is -0.142. The summed E-state index contributed by atoms with van der Waals surface area (Å²) in [7, 11) is 0. The van der Waals surface area contributed by atoms with Gasteiger partial charge in [-0.1, -0.05) is 66.5 Å². The molecule has 4 nitrogen and oxygen atoms in total. The molecule has 0 heterocycles. The lowest BCUT2D eigenvalue weighted by Gasteiger charge is -2.34. The molecule has 2 amide bonds. The largest absolute Gasteiger partial charge is 0.350 e. The topological polar surface area (TPSA) is 49.4 Å². The summed E-state index contributed by atoms with van der Waals surface area (Å²) in [6.07, 6.45) is 1.48. The van der Waals surface area contributed by atoms with E-state index in [1.807, 2.05) is 58.0 Å². The highest BCUT2D eigenvalue weighted by Crippen LogP contribution is 2.24. The molecule has 0 saturated carbocycles. The van der Waals surface area contributed by atoms with Crippen molar-refractivity contribution in [3.8, 4) is 0 Å². The van der Waals surface area contributed by atoms with Crippen molar-refractivity contribution in [3.05, 3.63) is 69.7 Å². The molecule has 2 aromatic carbocycles. The summed E-state index contributed by atoms with van der Waals surface area (Å²) in [6, 6.07) is 14.3. The van der Waals surface area contributed by atoms with Crippen LogP contribution >= 0.6 is 23.2 Å². The molecule has 0 aliphatic carbocycles. The fourth-order valence-electron chi connectivity index (χ4n) is 3.20. The van der Waals surface area contributed by atoms with Crippen LogP contribution < -0.4 is 5.32 Å². The molecule has 6 heteroatoms. The van der Waals surface area contributed by atoms with E-state index in [-0.39, 0.29) is 18.4 Å². The number of hydrogen-bond acceptors (Lipinski definition) is 2. The monoisotopic (exact) mass is 448 g/mol. The molecule has 0 spiro atoms. The van der Waals surface area contributed by atoms with Crippen LogP contribution in [0.4, 0.5) is 0 Å². The first-order chi connectivity index (χ1) is 14.1. The highest BCUT2D eigenvalue weighted by atomic mass is 35.5. The average Bonchev–Trinajstić information content (AvgIpc) is 2.65. The zero-order valence-electron chi connectivity index (χ0n) is 18.0. The maximum Gasteiger partial charge on any atom is 0.243 e. The predicted octanol–water partition coefficient (Wildman–Crippen LogP) is 5.65. The summed E-state index contributed by atoms with van der Waals surface area (Å²) in [6.45, 7) is 7.98. The number of benzene rings is 2. The zero-order valence-corrected chi connectivity index (χ0v) is 19.6. The molecule has 1 atom stereocenters. The number of carbonyl (C=O) groups excluding carboxylic acids is 2. The van der Waals surface area contributed by atoms with Gasteiger partial charge in [0, 0.05) is 35.0 Å². The fraction of sp³-hybridized carbons (Fsp3) is 0.417. The molecular formula is C24H30Cl2N2O2. The maximum atomic E-state index is 13.3. The van der Waals surface area contributed by atoms with Gasteiger partial charge in [0.2, 0.25) is 11.8 Å². The van der Waals surface area contributed by atoms with Gasteiger partial charge < -0.3 is 10.2 Å². The number of halogens is 2. The van der Waals surface area contributed by atoms with Crippen LogP contribution in [0.3, 0.4) is 0 Å². The molecule has 0 saturated heterocycles. The van der Waals surface area contributed by atoms with Crippen LogP contribution in [-0.4, -0.2) is 28.3 Å². The number of carbonyl (C=O) groups is 2. The van der Waals surface area contributed by atoms with Crippen molar-refractivity contribution in [1.29, 1.82) is 0 Å². The first-order valence-corrected chi connectivity index (χ1v) is 11.0. The van der Waals surface area contributed by atoms with Crippen LogP contribution in [0.5, 0.6) is 0 Å². The second-order valence-electron chi connectivity index (χ2n) is 8.45. The van der Waals surface area contributed by atoms with Gasteiger partial charge in [-0.15, -0.1) is 0 Å². The molecule has 162 valence electrons. The van der Waals surface area contributed by atoms with E-state index in [9.17, 15) is 9.59 Å². The van der Waals surface area contributed by atoms with Gasteiger partial charge in [-0.25, -0.2) is 0 Å². The van der Waals surface area contributed by atoms with Crippen molar-refractivity contribution >= 4 is 35.0 Å². The minimum atomic E-state index is -0.655. The Morgan fingerprint density at radius 2 is 1.73 bits per heavy atom. The molecule has 2 rings (SSSR count). The normalized spacial score (nSPS) is 12.3. The second kappa shape index (κ2) is 10.8. The average molecular weight is 449 g/mol. The van der Waals surface area contributed by atoms with Gasteiger partial charge in [-0.3, -0.25) is 9.59 Å². The van der Waals surface area contributed by atoms with Crippen LogP contribution in [0.1, 0.15) is 51.7 Å². The van der Waals surface area contributed by atoms with Crippen LogP contribution in [0.25, 0.3) is 0 Å². The van der Waals surface area contributed by atoms with Crippen molar-refractivity contribution < 1.29 is 9.59 Å². The van der Waals surface area contributed by atoms with E-state index in [1.54, 1.807) is 23.1 Å². The molecule has 0 unspecified atom stereocenters. The molecule has 0 radical (unpaired) electrons. The van der Waals surface area contributed by atoms with Crippen molar-refractivity contribution in [2.45, 2.75) is 65.1 Å². The van der Waals surface area contributed by atoms with E-state index in [1.165, 1.54) is 0 Å². The Morgan fingerprint density at radius 1 is 1.07 bits per heavy atom. The predicted molar refractivity (Wildman–Crippen MR) is 124 cm³/mol. The molecule has 1 N–H and O–H groups in total. The van der Waals surface area contributed by atoms with Crippen LogP contribution in [0, 0.1) is 0 Å². The molecule has 0 fully saturated rings. The summed E-state index contributed by atoms with van der Waals surface area (Å²) in [5.74, 6) is -0.255. The van der Waals surface area contributed by atoms with Gasteiger partial charge in [0.25, 0.3) is 0 Å². The van der Waals surface area contributed by atoms with E-state index in [0.29, 0.717) is 29.3 Å². The molecular weight excluding hydrogens is 419 g/mol. The summed E-state index contributed by atoms with van der Waals surface area (Å²) in [5, 5.41) is 4.05. The van der Waals surface area contributed by atoms with Gasteiger partial charge in [0.15, 0.2) is 0 Å². The Bertz CT molecular complexity index is 863. The van der Waals surface area contributed by atoms with Crippen LogP contribution in [0.2, 0.25) is 10.0 Å². The summed E-state index contributed by atoms with van der Waals surface area (Å²) in [5.41, 5.74) is 1.33.